The number of benzene rings is 1. The zero-order chi connectivity index (χ0) is 11.0. The van der Waals surface area contributed by atoms with E-state index in [0.29, 0.717) is 12.0 Å². The van der Waals surface area contributed by atoms with Crippen LogP contribution in [0.15, 0.2) is 24.3 Å². The molecule has 0 heterocycles. The first-order chi connectivity index (χ1) is 6.72. The van der Waals surface area contributed by atoms with Crippen molar-refractivity contribution in [2.75, 3.05) is 0 Å². The van der Waals surface area contributed by atoms with Crippen molar-refractivity contribution in [2.45, 2.75) is 27.2 Å². The van der Waals surface area contributed by atoms with E-state index >= 15 is 0 Å². The monoisotopic (exact) mass is 189 g/mol. The molecule has 14 heavy (non-hydrogen) atoms. The van der Waals surface area contributed by atoms with Gasteiger partial charge in [0, 0.05) is 6.42 Å². The third kappa shape index (κ3) is 4.42. The molecule has 0 saturated carbocycles. The normalized spacial score (nSPS) is 8.14. The summed E-state index contributed by atoms with van der Waals surface area (Å²) in [5.74, 6) is 0.139. The molecule has 0 radical (unpaired) electrons. The van der Waals surface area contributed by atoms with Crippen molar-refractivity contribution >= 4 is 5.78 Å². The van der Waals surface area contributed by atoms with Gasteiger partial charge in [-0.25, -0.2) is 0 Å². The van der Waals surface area contributed by atoms with Crippen LogP contribution in [-0.2, 0) is 11.2 Å². The number of carbonyl (C=O) groups is 1. The van der Waals surface area contributed by atoms with Gasteiger partial charge in [0.2, 0.25) is 0 Å². The molecule has 2 nitrogen and oxygen atoms in total. The van der Waals surface area contributed by atoms with Gasteiger partial charge < -0.3 is 0 Å². The predicted octanol–water partition coefficient (Wildman–Crippen LogP) is 2.72. The first kappa shape index (κ1) is 12.4. The Balaban J connectivity index is 0.000000791. The van der Waals surface area contributed by atoms with Crippen molar-refractivity contribution < 1.29 is 4.79 Å². The van der Waals surface area contributed by atoms with Crippen molar-refractivity contribution in [3.05, 3.63) is 35.4 Å². The molecule has 0 aliphatic heterocycles. The minimum atomic E-state index is 0.139. The van der Waals surface area contributed by atoms with E-state index in [1.54, 1.807) is 31.2 Å². The van der Waals surface area contributed by atoms with Gasteiger partial charge >= 0.3 is 0 Å². The Morgan fingerprint density at radius 2 is 1.79 bits per heavy atom. The quantitative estimate of drug-likeness (QED) is 0.717. The fraction of sp³-hybridized carbons (Fsp3) is 0.333. The van der Waals surface area contributed by atoms with E-state index < -0.39 is 0 Å². The molecule has 74 valence electrons. The first-order valence-electron chi connectivity index (χ1n) is 4.71. The van der Waals surface area contributed by atoms with Crippen LogP contribution >= 0.6 is 0 Å². The van der Waals surface area contributed by atoms with E-state index in [4.69, 9.17) is 5.26 Å². The molecule has 1 aromatic rings. The summed E-state index contributed by atoms with van der Waals surface area (Å²) in [6.45, 7) is 5.55. The number of hydrogen-bond donors (Lipinski definition) is 0. The van der Waals surface area contributed by atoms with Gasteiger partial charge in [-0.15, -0.1) is 0 Å². The number of hydrogen-bond acceptors (Lipinski definition) is 2. The largest absolute Gasteiger partial charge is 0.300 e. The molecule has 0 aliphatic rings. The maximum absolute atomic E-state index is 10.7. The maximum Gasteiger partial charge on any atom is 0.134 e. The van der Waals surface area contributed by atoms with Gasteiger partial charge in [-0.05, 0) is 24.6 Å². The Morgan fingerprint density at radius 3 is 2.14 bits per heavy atom. The lowest BCUT2D eigenvalue weighted by molar-refractivity contribution is -0.116. The second-order valence-electron chi connectivity index (χ2n) is 2.69. The van der Waals surface area contributed by atoms with E-state index in [2.05, 4.69) is 0 Å². The lowest BCUT2D eigenvalue weighted by Crippen LogP contribution is -1.95. The Hall–Kier alpha value is -1.62. The highest BCUT2D eigenvalue weighted by Gasteiger charge is 1.96. The predicted molar refractivity (Wildman–Crippen MR) is 56.9 cm³/mol. The van der Waals surface area contributed by atoms with Crippen LogP contribution in [0.3, 0.4) is 0 Å². The zero-order valence-corrected chi connectivity index (χ0v) is 8.87. The van der Waals surface area contributed by atoms with Gasteiger partial charge in [-0.2, -0.15) is 5.26 Å². The number of nitrogens with zero attached hydrogens (tertiary/aromatic N) is 1. The Labute approximate surface area is 85.2 Å². The molecule has 0 amide bonds. The molecule has 0 bridgehead atoms. The Bertz CT molecular complexity index is 319. The number of rotatable bonds is 2. The first-order valence-corrected chi connectivity index (χ1v) is 4.71. The van der Waals surface area contributed by atoms with Gasteiger partial charge in [0.1, 0.15) is 5.78 Å². The fourth-order valence-corrected chi connectivity index (χ4v) is 0.985. The third-order valence-electron chi connectivity index (χ3n) is 1.54. The topological polar surface area (TPSA) is 40.9 Å². The summed E-state index contributed by atoms with van der Waals surface area (Å²) in [4.78, 5) is 10.7. The zero-order valence-electron chi connectivity index (χ0n) is 8.87. The van der Waals surface area contributed by atoms with Crippen LogP contribution in [0.25, 0.3) is 0 Å². The van der Waals surface area contributed by atoms with Crippen LogP contribution in [0.5, 0.6) is 0 Å². The smallest absolute Gasteiger partial charge is 0.134 e. The van der Waals surface area contributed by atoms with Crippen LogP contribution in [-0.4, -0.2) is 5.78 Å². The van der Waals surface area contributed by atoms with E-state index in [9.17, 15) is 4.79 Å². The molecule has 1 aromatic carbocycles. The molecule has 0 N–H and O–H groups in total. The molecule has 0 aliphatic carbocycles. The average Bonchev–Trinajstić information content (AvgIpc) is 2.21. The second-order valence-corrected chi connectivity index (χ2v) is 2.69. The summed E-state index contributed by atoms with van der Waals surface area (Å²) in [5, 5.41) is 8.49. The molecule has 0 fully saturated rings. The number of nitriles is 1. The minimum Gasteiger partial charge on any atom is -0.300 e. The maximum atomic E-state index is 10.7. The molecule has 0 unspecified atom stereocenters. The van der Waals surface area contributed by atoms with Crippen molar-refractivity contribution in [3.63, 3.8) is 0 Å². The summed E-state index contributed by atoms with van der Waals surface area (Å²) in [5.41, 5.74) is 1.59. The summed E-state index contributed by atoms with van der Waals surface area (Å²) >= 11 is 0. The van der Waals surface area contributed by atoms with E-state index in [-0.39, 0.29) is 5.78 Å². The van der Waals surface area contributed by atoms with Crippen molar-refractivity contribution in [1.82, 2.24) is 0 Å². The van der Waals surface area contributed by atoms with Gasteiger partial charge in [-0.3, -0.25) is 4.79 Å². The summed E-state index contributed by atoms with van der Waals surface area (Å²) < 4.78 is 0. The van der Waals surface area contributed by atoms with Crippen molar-refractivity contribution in [3.8, 4) is 6.07 Å². The van der Waals surface area contributed by atoms with Gasteiger partial charge in [0.25, 0.3) is 0 Å². The SMILES string of the molecule is CC.CC(=O)Cc1ccc(C#N)cc1. The van der Waals surface area contributed by atoms with Gasteiger partial charge in [-0.1, -0.05) is 26.0 Å². The highest BCUT2D eigenvalue weighted by molar-refractivity contribution is 5.78. The molecule has 1 rings (SSSR count). The van der Waals surface area contributed by atoms with Crippen LogP contribution in [0.1, 0.15) is 31.9 Å². The van der Waals surface area contributed by atoms with Gasteiger partial charge in [0.05, 0.1) is 11.6 Å². The van der Waals surface area contributed by atoms with Crippen LogP contribution in [0, 0.1) is 11.3 Å². The molecular weight excluding hydrogens is 174 g/mol. The number of carbonyl (C=O) groups excluding carboxylic acids is 1. The standard InChI is InChI=1S/C10H9NO.C2H6/c1-8(12)6-9-2-4-10(7-11)5-3-9;1-2/h2-5H,6H2,1H3;1-2H3. The lowest BCUT2D eigenvalue weighted by atomic mass is 10.1. The Kier molecular flexibility index (Phi) is 6.06. The van der Waals surface area contributed by atoms with Crippen LogP contribution < -0.4 is 0 Å². The average molecular weight is 189 g/mol. The highest BCUT2D eigenvalue weighted by Crippen LogP contribution is 2.03. The molecule has 0 saturated heterocycles. The Morgan fingerprint density at radius 1 is 1.29 bits per heavy atom. The lowest BCUT2D eigenvalue weighted by Gasteiger charge is -1.95. The van der Waals surface area contributed by atoms with E-state index in [1.807, 2.05) is 19.9 Å². The molecule has 0 aromatic heterocycles. The van der Waals surface area contributed by atoms with E-state index in [0.717, 1.165) is 5.56 Å². The third-order valence-corrected chi connectivity index (χ3v) is 1.54. The molecular formula is C12H15NO. The highest BCUT2D eigenvalue weighted by atomic mass is 16.1. The van der Waals surface area contributed by atoms with Crippen LogP contribution in [0.4, 0.5) is 0 Å². The van der Waals surface area contributed by atoms with Crippen molar-refractivity contribution in [1.29, 1.82) is 5.26 Å². The molecule has 0 spiro atoms. The van der Waals surface area contributed by atoms with Crippen molar-refractivity contribution in [2.24, 2.45) is 0 Å². The summed E-state index contributed by atoms with van der Waals surface area (Å²) in [6.07, 6.45) is 0.450. The minimum absolute atomic E-state index is 0.139. The van der Waals surface area contributed by atoms with Gasteiger partial charge in [0.15, 0.2) is 0 Å². The fourth-order valence-electron chi connectivity index (χ4n) is 0.985. The molecule has 2 heteroatoms. The summed E-state index contributed by atoms with van der Waals surface area (Å²) in [7, 11) is 0. The van der Waals surface area contributed by atoms with Crippen LogP contribution in [0.2, 0.25) is 0 Å². The molecule has 0 atom stereocenters. The number of Topliss-reactive ketones (excluding diaryl/α,β-unsaturated/α-hetero) is 1. The number of ketones is 1. The second kappa shape index (κ2) is 6.85. The summed E-state index contributed by atoms with van der Waals surface area (Å²) in [6, 6.07) is 9.07. The van der Waals surface area contributed by atoms with E-state index in [1.165, 1.54) is 0 Å².